The average Bonchev–Trinajstić information content (AvgIpc) is 2.81. The summed E-state index contributed by atoms with van der Waals surface area (Å²) in [5.41, 5.74) is 0. The maximum atomic E-state index is 12.0. The number of aromatic nitrogens is 2. The number of aliphatic carboxylic acids is 1. The number of nitrogens with one attached hydrogen (secondary N) is 2. The molecular formula is C11H15N3O3. The minimum absolute atomic E-state index is 0.235. The normalized spacial score (nSPS) is 24.2. The van der Waals surface area contributed by atoms with Crippen LogP contribution in [0, 0.1) is 11.8 Å². The van der Waals surface area contributed by atoms with Crippen LogP contribution in [-0.2, 0) is 9.59 Å². The highest BCUT2D eigenvalue weighted by Crippen LogP contribution is 2.31. The van der Waals surface area contributed by atoms with Gasteiger partial charge >= 0.3 is 5.97 Å². The number of amides is 1. The number of carboxylic acid groups (broad SMARTS) is 1. The Morgan fingerprint density at radius 2 is 2.06 bits per heavy atom. The molecule has 6 nitrogen and oxygen atoms in total. The second kappa shape index (κ2) is 4.99. The number of carbonyl (C=O) groups is 2. The first kappa shape index (κ1) is 11.6. The summed E-state index contributed by atoms with van der Waals surface area (Å²) in [5.74, 6) is -1.61. The fourth-order valence-corrected chi connectivity index (χ4v) is 2.29. The van der Waals surface area contributed by atoms with Gasteiger partial charge in [0.25, 0.3) is 0 Å². The van der Waals surface area contributed by atoms with Crippen LogP contribution < -0.4 is 5.32 Å². The van der Waals surface area contributed by atoms with E-state index in [1.54, 1.807) is 6.07 Å². The van der Waals surface area contributed by atoms with Crippen LogP contribution in [0.5, 0.6) is 0 Å². The molecule has 1 aromatic rings. The number of anilines is 1. The van der Waals surface area contributed by atoms with Crippen molar-refractivity contribution >= 4 is 17.7 Å². The third kappa shape index (κ3) is 2.64. The highest BCUT2D eigenvalue weighted by Gasteiger charge is 2.35. The predicted octanol–water partition coefficient (Wildman–Crippen LogP) is 1.24. The molecule has 0 bridgehead atoms. The van der Waals surface area contributed by atoms with Crippen molar-refractivity contribution in [2.75, 3.05) is 5.32 Å². The van der Waals surface area contributed by atoms with Crippen molar-refractivity contribution in [1.29, 1.82) is 0 Å². The van der Waals surface area contributed by atoms with Crippen LogP contribution in [0.3, 0.4) is 0 Å². The molecule has 1 aromatic heterocycles. The molecule has 0 saturated heterocycles. The average molecular weight is 237 g/mol. The van der Waals surface area contributed by atoms with Gasteiger partial charge in [-0.25, -0.2) is 0 Å². The minimum Gasteiger partial charge on any atom is -0.481 e. The summed E-state index contributed by atoms with van der Waals surface area (Å²) in [6, 6.07) is 1.64. The zero-order valence-electron chi connectivity index (χ0n) is 9.35. The van der Waals surface area contributed by atoms with Crippen LogP contribution >= 0.6 is 0 Å². The molecule has 1 heterocycles. The summed E-state index contributed by atoms with van der Waals surface area (Å²) >= 11 is 0. The van der Waals surface area contributed by atoms with Crippen LogP contribution in [0.2, 0.25) is 0 Å². The van der Waals surface area contributed by atoms with Crippen LogP contribution in [-0.4, -0.2) is 27.2 Å². The van der Waals surface area contributed by atoms with Crippen molar-refractivity contribution in [3.63, 3.8) is 0 Å². The number of nitrogens with zero attached hydrogens (tertiary/aromatic N) is 1. The molecule has 1 fully saturated rings. The lowest BCUT2D eigenvalue weighted by Crippen LogP contribution is -2.36. The number of H-pyrrole nitrogens is 1. The smallest absolute Gasteiger partial charge is 0.307 e. The highest BCUT2D eigenvalue weighted by molar-refractivity contribution is 5.94. The van der Waals surface area contributed by atoms with Crippen molar-refractivity contribution in [3.05, 3.63) is 12.3 Å². The van der Waals surface area contributed by atoms with E-state index in [-0.39, 0.29) is 5.91 Å². The third-order valence-corrected chi connectivity index (χ3v) is 3.18. The molecule has 1 saturated carbocycles. The Kier molecular flexibility index (Phi) is 3.41. The third-order valence-electron chi connectivity index (χ3n) is 3.18. The summed E-state index contributed by atoms with van der Waals surface area (Å²) in [7, 11) is 0. The molecule has 17 heavy (non-hydrogen) atoms. The molecule has 92 valence electrons. The molecule has 1 aliphatic carbocycles. The Morgan fingerprint density at radius 1 is 1.35 bits per heavy atom. The monoisotopic (exact) mass is 237 g/mol. The van der Waals surface area contributed by atoms with Crippen molar-refractivity contribution in [1.82, 2.24) is 10.2 Å². The largest absolute Gasteiger partial charge is 0.481 e. The molecule has 6 heteroatoms. The number of rotatable bonds is 3. The van der Waals surface area contributed by atoms with Gasteiger partial charge in [-0.2, -0.15) is 5.10 Å². The van der Waals surface area contributed by atoms with Gasteiger partial charge in [-0.05, 0) is 12.8 Å². The standard InChI is InChI=1S/C11H15N3O3/c15-10(13-9-5-6-12-14-9)7-3-1-2-4-8(7)11(16)17/h5-8H,1-4H2,(H,16,17)(H2,12,13,14,15). The number of hydrogen-bond acceptors (Lipinski definition) is 3. The number of carbonyl (C=O) groups excluding carboxylic acids is 1. The zero-order chi connectivity index (χ0) is 12.3. The lowest BCUT2D eigenvalue weighted by molar-refractivity contribution is -0.147. The molecule has 2 unspecified atom stereocenters. The van der Waals surface area contributed by atoms with E-state index in [9.17, 15) is 9.59 Å². The van der Waals surface area contributed by atoms with E-state index in [4.69, 9.17) is 5.11 Å². The van der Waals surface area contributed by atoms with Crippen LogP contribution in [0.4, 0.5) is 5.82 Å². The van der Waals surface area contributed by atoms with Crippen molar-refractivity contribution in [2.24, 2.45) is 11.8 Å². The maximum Gasteiger partial charge on any atom is 0.307 e. The number of hydrogen-bond donors (Lipinski definition) is 3. The van der Waals surface area contributed by atoms with Crippen LogP contribution in [0.25, 0.3) is 0 Å². The molecule has 2 atom stereocenters. The molecule has 1 aliphatic rings. The molecule has 2 rings (SSSR count). The summed E-state index contributed by atoms with van der Waals surface area (Å²) in [5, 5.41) is 18.1. The fourth-order valence-electron chi connectivity index (χ4n) is 2.29. The molecule has 3 N–H and O–H groups in total. The summed E-state index contributed by atoms with van der Waals surface area (Å²) in [6.45, 7) is 0. The van der Waals surface area contributed by atoms with Gasteiger partial charge in [0, 0.05) is 6.07 Å². The number of carboxylic acids is 1. The first-order chi connectivity index (χ1) is 8.18. The van der Waals surface area contributed by atoms with Gasteiger partial charge in [-0.15, -0.1) is 0 Å². The van der Waals surface area contributed by atoms with E-state index in [0.717, 1.165) is 12.8 Å². The Hall–Kier alpha value is -1.85. The molecule has 0 aromatic carbocycles. The minimum atomic E-state index is -0.880. The van der Waals surface area contributed by atoms with Crippen molar-refractivity contribution in [3.8, 4) is 0 Å². The predicted molar refractivity (Wildman–Crippen MR) is 60.3 cm³/mol. The Morgan fingerprint density at radius 3 is 2.65 bits per heavy atom. The van der Waals surface area contributed by atoms with E-state index in [2.05, 4.69) is 15.5 Å². The molecule has 0 spiro atoms. The first-order valence-electron chi connectivity index (χ1n) is 5.71. The Bertz CT molecular complexity index is 402. The molecule has 0 radical (unpaired) electrons. The quantitative estimate of drug-likeness (QED) is 0.737. The van der Waals surface area contributed by atoms with Crippen molar-refractivity contribution < 1.29 is 14.7 Å². The van der Waals surface area contributed by atoms with E-state index >= 15 is 0 Å². The molecular weight excluding hydrogens is 222 g/mol. The maximum absolute atomic E-state index is 12.0. The lowest BCUT2D eigenvalue weighted by Gasteiger charge is -2.27. The van der Waals surface area contributed by atoms with Crippen LogP contribution in [0.1, 0.15) is 25.7 Å². The first-order valence-corrected chi connectivity index (χ1v) is 5.71. The second-order valence-corrected chi connectivity index (χ2v) is 4.30. The van der Waals surface area contributed by atoms with E-state index in [0.29, 0.717) is 18.7 Å². The second-order valence-electron chi connectivity index (χ2n) is 4.30. The van der Waals surface area contributed by atoms with Gasteiger partial charge in [-0.1, -0.05) is 12.8 Å². The SMILES string of the molecule is O=C(O)C1CCCCC1C(=O)Nc1ccn[nH]1. The fraction of sp³-hybridized carbons (Fsp3) is 0.545. The van der Waals surface area contributed by atoms with Gasteiger partial charge in [0.1, 0.15) is 5.82 Å². The van der Waals surface area contributed by atoms with Gasteiger partial charge in [0.05, 0.1) is 18.0 Å². The zero-order valence-corrected chi connectivity index (χ0v) is 9.35. The molecule has 1 amide bonds. The van der Waals surface area contributed by atoms with Gasteiger partial charge in [0.2, 0.25) is 5.91 Å². The Balaban J connectivity index is 2.03. The van der Waals surface area contributed by atoms with Crippen LogP contribution in [0.15, 0.2) is 12.3 Å². The lowest BCUT2D eigenvalue weighted by atomic mass is 9.79. The Labute approximate surface area is 98.4 Å². The molecule has 0 aliphatic heterocycles. The van der Waals surface area contributed by atoms with E-state index in [1.165, 1.54) is 6.20 Å². The topological polar surface area (TPSA) is 95.1 Å². The summed E-state index contributed by atoms with van der Waals surface area (Å²) < 4.78 is 0. The summed E-state index contributed by atoms with van der Waals surface area (Å²) in [6.07, 6.45) is 4.54. The highest BCUT2D eigenvalue weighted by atomic mass is 16.4. The van der Waals surface area contributed by atoms with Crippen molar-refractivity contribution in [2.45, 2.75) is 25.7 Å². The number of aromatic amines is 1. The van der Waals surface area contributed by atoms with E-state index in [1.807, 2.05) is 0 Å². The van der Waals surface area contributed by atoms with E-state index < -0.39 is 17.8 Å². The van der Waals surface area contributed by atoms with Gasteiger partial charge in [-0.3, -0.25) is 14.7 Å². The van der Waals surface area contributed by atoms with Gasteiger partial charge < -0.3 is 10.4 Å². The van der Waals surface area contributed by atoms with Gasteiger partial charge in [0.15, 0.2) is 0 Å². The summed E-state index contributed by atoms with van der Waals surface area (Å²) in [4.78, 5) is 23.0.